The van der Waals surface area contributed by atoms with E-state index in [0.717, 1.165) is 5.57 Å². The summed E-state index contributed by atoms with van der Waals surface area (Å²) in [5.41, 5.74) is 5.16. The summed E-state index contributed by atoms with van der Waals surface area (Å²) in [7, 11) is -0.134. The molecule has 13 nitrogen and oxygen atoms in total. The van der Waals surface area contributed by atoms with E-state index >= 15 is 0 Å². The average Bonchev–Trinajstić information content (AvgIpc) is 2.83. The second kappa shape index (κ2) is 9.81. The van der Waals surface area contributed by atoms with Crippen molar-refractivity contribution < 1.29 is 36.5 Å². The molecule has 0 aromatic carbocycles. The van der Waals surface area contributed by atoms with Gasteiger partial charge in [-0.05, 0) is 51.8 Å². The number of hydrogen-bond donors (Lipinski definition) is 2. The van der Waals surface area contributed by atoms with Crippen LogP contribution in [0.4, 0.5) is 0 Å². The first-order valence-corrected chi connectivity index (χ1v) is 14.0. The number of nitro groups is 1. The van der Waals surface area contributed by atoms with Crippen LogP contribution in [-0.2, 0) is 29.0 Å². The van der Waals surface area contributed by atoms with Crippen LogP contribution < -0.4 is 5.73 Å². The summed E-state index contributed by atoms with van der Waals surface area (Å²) < 4.78 is 38.9. The number of allylic oxidation sites excluding steroid dienone is 3. The molecule has 7 atom stereocenters. The molecule has 38 heavy (non-hydrogen) atoms. The number of Topliss-reactive ketones (excluding diaryl/α,β-unsaturated/α-hetero) is 2. The van der Waals surface area contributed by atoms with Crippen molar-refractivity contribution in [3.63, 3.8) is 0 Å². The van der Waals surface area contributed by atoms with Crippen molar-refractivity contribution in [2.75, 3.05) is 27.7 Å². The molecule has 5 unspecified atom stereocenters. The van der Waals surface area contributed by atoms with Gasteiger partial charge in [0.05, 0.1) is 17.3 Å². The first-order chi connectivity index (χ1) is 17.6. The predicted octanol–water partition coefficient (Wildman–Crippen LogP) is 0.756. The second-order valence-corrected chi connectivity index (χ2v) is 12.1. The summed E-state index contributed by atoms with van der Waals surface area (Å²) in [6, 6.07) is 0. The van der Waals surface area contributed by atoms with Crippen LogP contribution in [0, 0.1) is 45.6 Å². The Morgan fingerprint density at radius 2 is 1.87 bits per heavy atom. The number of amides is 1. The molecule has 0 bridgehead atoms. The summed E-state index contributed by atoms with van der Waals surface area (Å²) >= 11 is 0. The fourth-order valence-corrected chi connectivity index (χ4v) is 7.82. The van der Waals surface area contributed by atoms with Gasteiger partial charge in [-0.15, -0.1) is 0 Å². The SMILES string of the molecule is CCN(C)C1=C2CC3CC4[C@@H](CC3C(=O)C2CC([N+](=O)[O-])=C1)C(=O)C(C(N)=O)C[C@]4(OS(=O)(=O)O)N(C)C. The molecule has 3 saturated carbocycles. The highest BCUT2D eigenvalue weighted by Crippen LogP contribution is 2.57. The standard InChI is InChI=1S/C24H34N4O9S/c1-5-27(4)20-9-13(28(32)33)8-16-15(20)6-12-7-19-17(10-14(12)21(16)29)22(30)18(23(25)31)11-24(19,26(2)3)37-38(34,35)36/h9,12,14,16-19H,5-8,10-11H2,1-4H3,(H2,25,31)(H,34,35,36)/t12?,14?,16?,17-,18?,19?,24-/m1/s1. The van der Waals surface area contributed by atoms with Crippen LogP contribution in [0.25, 0.3) is 0 Å². The molecule has 0 aliphatic heterocycles. The van der Waals surface area contributed by atoms with Crippen LogP contribution in [0.5, 0.6) is 0 Å². The quantitative estimate of drug-likeness (QED) is 0.148. The Morgan fingerprint density at radius 3 is 2.39 bits per heavy atom. The van der Waals surface area contributed by atoms with Crippen molar-refractivity contribution in [1.29, 1.82) is 0 Å². The van der Waals surface area contributed by atoms with Crippen molar-refractivity contribution in [2.24, 2.45) is 41.2 Å². The van der Waals surface area contributed by atoms with Gasteiger partial charge in [-0.2, -0.15) is 8.42 Å². The molecule has 0 radical (unpaired) electrons. The Kier molecular flexibility index (Phi) is 7.31. The molecule has 3 N–H and O–H groups in total. The molecule has 4 rings (SSSR count). The lowest BCUT2D eigenvalue weighted by Gasteiger charge is -2.56. The zero-order valence-corrected chi connectivity index (χ0v) is 22.6. The zero-order valence-electron chi connectivity index (χ0n) is 21.8. The number of likely N-dealkylation sites (N-methyl/N-ethyl adjacent to an activating group) is 1. The Bertz CT molecular complexity index is 1240. The molecule has 210 valence electrons. The van der Waals surface area contributed by atoms with E-state index in [9.17, 15) is 37.5 Å². The highest BCUT2D eigenvalue weighted by atomic mass is 32.3. The monoisotopic (exact) mass is 554 g/mol. The van der Waals surface area contributed by atoms with Gasteiger partial charge in [0.25, 0.3) is 0 Å². The second-order valence-electron chi connectivity index (χ2n) is 11.0. The van der Waals surface area contributed by atoms with E-state index in [2.05, 4.69) is 0 Å². The maximum atomic E-state index is 13.9. The molecular weight excluding hydrogens is 520 g/mol. The van der Waals surface area contributed by atoms with Crippen LogP contribution in [0.2, 0.25) is 0 Å². The number of ketones is 2. The molecule has 4 aliphatic carbocycles. The number of nitrogens with zero attached hydrogens (tertiary/aromatic N) is 3. The molecule has 0 aromatic heterocycles. The number of carbonyl (C=O) groups excluding carboxylic acids is 3. The van der Waals surface area contributed by atoms with E-state index in [-0.39, 0.29) is 43.1 Å². The molecule has 0 aromatic rings. The Labute approximate surface area is 221 Å². The third-order valence-electron chi connectivity index (χ3n) is 9.03. The normalized spacial score (nSPS) is 35.3. The summed E-state index contributed by atoms with van der Waals surface area (Å²) in [5.74, 6) is -6.25. The van der Waals surface area contributed by atoms with E-state index in [0.29, 0.717) is 18.7 Å². The number of fused-ring (bicyclic) bond motifs is 3. The Morgan fingerprint density at radius 1 is 1.21 bits per heavy atom. The smallest absolute Gasteiger partial charge is 0.375 e. The van der Waals surface area contributed by atoms with Crippen LogP contribution >= 0.6 is 0 Å². The largest absolute Gasteiger partial charge is 0.399 e. The van der Waals surface area contributed by atoms with Gasteiger partial charge < -0.3 is 10.6 Å². The summed E-state index contributed by atoms with van der Waals surface area (Å²) in [6.45, 7) is 2.46. The summed E-state index contributed by atoms with van der Waals surface area (Å²) in [4.78, 5) is 54.0. The molecule has 4 aliphatic rings. The minimum absolute atomic E-state index is 0.0368. The zero-order chi connectivity index (χ0) is 28.3. The molecular formula is C24H34N4O9S. The van der Waals surface area contributed by atoms with E-state index in [4.69, 9.17) is 9.92 Å². The van der Waals surface area contributed by atoms with Gasteiger partial charge in [0.2, 0.25) is 11.6 Å². The first-order valence-electron chi connectivity index (χ1n) is 12.6. The number of carbonyl (C=O) groups is 3. The van der Waals surface area contributed by atoms with Gasteiger partial charge in [-0.25, -0.2) is 4.18 Å². The van der Waals surface area contributed by atoms with Crippen molar-refractivity contribution in [1.82, 2.24) is 9.80 Å². The molecule has 3 fully saturated rings. The maximum absolute atomic E-state index is 13.9. The molecule has 0 heterocycles. The van der Waals surface area contributed by atoms with Crippen LogP contribution in [0.15, 0.2) is 23.0 Å². The minimum Gasteiger partial charge on any atom is -0.375 e. The fourth-order valence-electron chi connectivity index (χ4n) is 7.12. The van der Waals surface area contributed by atoms with E-state index in [1.165, 1.54) is 25.1 Å². The minimum atomic E-state index is -5.00. The lowest BCUT2D eigenvalue weighted by molar-refractivity contribution is -0.429. The van der Waals surface area contributed by atoms with Crippen LogP contribution in [0.3, 0.4) is 0 Å². The number of primary amides is 1. The van der Waals surface area contributed by atoms with Gasteiger partial charge >= 0.3 is 10.4 Å². The predicted molar refractivity (Wildman–Crippen MR) is 133 cm³/mol. The molecule has 1 amide bonds. The number of nitrogens with two attached hydrogens (primary N) is 1. The lowest BCUT2D eigenvalue weighted by Crippen LogP contribution is -2.65. The average molecular weight is 555 g/mol. The van der Waals surface area contributed by atoms with E-state index in [1.807, 2.05) is 11.8 Å². The third-order valence-corrected chi connectivity index (χ3v) is 9.53. The van der Waals surface area contributed by atoms with E-state index < -0.39 is 62.3 Å². The highest BCUT2D eigenvalue weighted by Gasteiger charge is 2.62. The summed E-state index contributed by atoms with van der Waals surface area (Å²) in [6.07, 6.45) is 1.82. The molecule has 14 heteroatoms. The van der Waals surface area contributed by atoms with Crippen molar-refractivity contribution in [3.05, 3.63) is 33.2 Å². The van der Waals surface area contributed by atoms with Gasteiger partial charge in [0, 0.05) is 49.5 Å². The van der Waals surface area contributed by atoms with E-state index in [1.54, 1.807) is 7.05 Å². The van der Waals surface area contributed by atoms with Gasteiger partial charge in [0.15, 0.2) is 0 Å². The van der Waals surface area contributed by atoms with Crippen molar-refractivity contribution in [2.45, 2.75) is 44.8 Å². The molecule has 0 spiro atoms. The van der Waals surface area contributed by atoms with Gasteiger partial charge in [-0.1, -0.05) is 0 Å². The topological polar surface area (TPSA) is 190 Å². The van der Waals surface area contributed by atoms with Crippen LogP contribution in [0.1, 0.15) is 39.0 Å². The van der Waals surface area contributed by atoms with Crippen molar-refractivity contribution in [3.8, 4) is 0 Å². The Balaban J connectivity index is 1.81. The Hall–Kier alpha value is -2.68. The fraction of sp³-hybridized carbons (Fsp3) is 0.708. The number of hydrogen-bond acceptors (Lipinski definition) is 10. The number of rotatable bonds is 7. The molecule has 0 saturated heterocycles. The van der Waals surface area contributed by atoms with Crippen LogP contribution in [-0.4, -0.2) is 78.6 Å². The highest BCUT2D eigenvalue weighted by molar-refractivity contribution is 7.80. The van der Waals surface area contributed by atoms with Gasteiger partial charge in [0.1, 0.15) is 23.2 Å². The maximum Gasteiger partial charge on any atom is 0.399 e. The lowest BCUT2D eigenvalue weighted by atomic mass is 9.52. The third kappa shape index (κ3) is 4.67. The summed E-state index contributed by atoms with van der Waals surface area (Å²) in [5, 5.41) is 11.7. The van der Waals surface area contributed by atoms with Gasteiger partial charge in [-0.3, -0.25) is 34.0 Å². The first kappa shape index (κ1) is 28.3. The van der Waals surface area contributed by atoms with Crippen molar-refractivity contribution >= 4 is 27.9 Å².